The van der Waals surface area contributed by atoms with E-state index in [0.717, 1.165) is 38.4 Å². The molecule has 0 radical (unpaired) electrons. The maximum absolute atomic E-state index is 12.6. The summed E-state index contributed by atoms with van der Waals surface area (Å²) in [5.41, 5.74) is 2.44. The molecule has 0 bridgehead atoms. The monoisotopic (exact) mass is 406 g/mol. The molecule has 3 aromatic rings. The molecule has 0 aliphatic carbocycles. The number of oxazole rings is 1. The van der Waals surface area contributed by atoms with E-state index < -0.39 is 0 Å². The Hall–Kier alpha value is -3.10. The smallest absolute Gasteiger partial charge is 0.275 e. The number of amides is 1. The number of aromatic nitrogens is 3. The number of rotatable bonds is 7. The Labute approximate surface area is 176 Å². The zero-order valence-corrected chi connectivity index (χ0v) is 17.1. The predicted octanol–water partition coefficient (Wildman–Crippen LogP) is 2.05. The highest BCUT2D eigenvalue weighted by molar-refractivity contribution is 5.91. The molecule has 4 rings (SSSR count). The first-order valence-electron chi connectivity index (χ1n) is 10.1. The summed E-state index contributed by atoms with van der Waals surface area (Å²) in [6.45, 7) is 5.89. The number of piperazine rings is 1. The third-order valence-electron chi connectivity index (χ3n) is 5.23. The molecular weight excluding hydrogens is 380 g/mol. The van der Waals surface area contributed by atoms with Crippen molar-refractivity contribution >= 4 is 5.91 Å². The maximum Gasteiger partial charge on any atom is 0.275 e. The number of hydrogen-bond acceptors (Lipinski definition) is 7. The lowest BCUT2D eigenvalue weighted by Crippen LogP contribution is -2.45. The van der Waals surface area contributed by atoms with Gasteiger partial charge in [0.1, 0.15) is 12.6 Å². The van der Waals surface area contributed by atoms with Gasteiger partial charge in [-0.05, 0) is 11.6 Å². The fraction of sp³-hybridized carbons (Fsp3) is 0.364. The second-order valence-corrected chi connectivity index (χ2v) is 7.53. The summed E-state index contributed by atoms with van der Waals surface area (Å²) >= 11 is 0. The van der Waals surface area contributed by atoms with Crippen molar-refractivity contribution in [1.82, 2.24) is 29.7 Å². The molecule has 0 unspecified atom stereocenters. The van der Waals surface area contributed by atoms with Crippen molar-refractivity contribution in [3.05, 3.63) is 78.0 Å². The molecule has 1 aliphatic heterocycles. The molecule has 156 valence electrons. The summed E-state index contributed by atoms with van der Waals surface area (Å²) in [4.78, 5) is 31.4. The molecule has 1 aromatic carbocycles. The average molecular weight is 406 g/mol. The van der Waals surface area contributed by atoms with Crippen LogP contribution in [0.25, 0.3) is 0 Å². The van der Waals surface area contributed by atoms with Gasteiger partial charge in [-0.3, -0.25) is 14.6 Å². The van der Waals surface area contributed by atoms with Crippen LogP contribution >= 0.6 is 0 Å². The van der Waals surface area contributed by atoms with Crippen LogP contribution in [0.15, 0.2) is 59.6 Å². The Morgan fingerprint density at radius 2 is 1.80 bits per heavy atom. The second kappa shape index (κ2) is 9.60. The van der Waals surface area contributed by atoms with Crippen LogP contribution in [0.3, 0.4) is 0 Å². The van der Waals surface area contributed by atoms with Gasteiger partial charge in [-0.1, -0.05) is 30.3 Å². The van der Waals surface area contributed by atoms with Gasteiger partial charge < -0.3 is 9.32 Å². The van der Waals surface area contributed by atoms with Crippen LogP contribution in [0.5, 0.6) is 0 Å². The lowest BCUT2D eigenvalue weighted by molar-refractivity contribution is 0.0777. The number of benzene rings is 1. The van der Waals surface area contributed by atoms with Gasteiger partial charge in [0.25, 0.3) is 5.91 Å². The largest absolute Gasteiger partial charge is 0.447 e. The van der Waals surface area contributed by atoms with Crippen molar-refractivity contribution in [2.45, 2.75) is 19.6 Å². The minimum absolute atomic E-state index is 0.184. The highest BCUT2D eigenvalue weighted by atomic mass is 16.3. The van der Waals surface area contributed by atoms with Crippen molar-refractivity contribution in [1.29, 1.82) is 0 Å². The third kappa shape index (κ3) is 5.28. The Kier molecular flexibility index (Phi) is 6.46. The zero-order valence-electron chi connectivity index (χ0n) is 17.1. The van der Waals surface area contributed by atoms with Crippen molar-refractivity contribution < 1.29 is 9.21 Å². The molecule has 0 N–H and O–H groups in total. The van der Waals surface area contributed by atoms with Crippen LogP contribution in [0.4, 0.5) is 0 Å². The van der Waals surface area contributed by atoms with Gasteiger partial charge >= 0.3 is 0 Å². The normalized spacial score (nSPS) is 15.2. The van der Waals surface area contributed by atoms with E-state index >= 15 is 0 Å². The molecule has 0 atom stereocenters. The topological polar surface area (TPSA) is 78.6 Å². The summed E-state index contributed by atoms with van der Waals surface area (Å²) < 4.78 is 5.57. The van der Waals surface area contributed by atoms with Crippen LogP contribution in [0, 0.1) is 0 Å². The summed E-state index contributed by atoms with van der Waals surface area (Å²) in [6.07, 6.45) is 4.58. The fourth-order valence-electron chi connectivity index (χ4n) is 3.54. The molecule has 1 fully saturated rings. The lowest BCUT2D eigenvalue weighted by atomic mass is 10.2. The van der Waals surface area contributed by atoms with Gasteiger partial charge in [0.2, 0.25) is 5.89 Å². The van der Waals surface area contributed by atoms with Crippen molar-refractivity contribution in [2.24, 2.45) is 0 Å². The molecule has 3 heterocycles. The van der Waals surface area contributed by atoms with E-state index in [2.05, 4.69) is 49.0 Å². The third-order valence-corrected chi connectivity index (χ3v) is 5.23. The van der Waals surface area contributed by atoms with Gasteiger partial charge in [-0.15, -0.1) is 0 Å². The first-order chi connectivity index (χ1) is 14.7. The molecule has 8 heteroatoms. The quantitative estimate of drug-likeness (QED) is 0.594. The minimum Gasteiger partial charge on any atom is -0.447 e. The van der Waals surface area contributed by atoms with E-state index in [-0.39, 0.29) is 5.91 Å². The van der Waals surface area contributed by atoms with E-state index in [0.29, 0.717) is 24.7 Å². The van der Waals surface area contributed by atoms with E-state index in [1.54, 1.807) is 24.2 Å². The van der Waals surface area contributed by atoms with Crippen LogP contribution in [-0.4, -0.2) is 68.8 Å². The molecule has 1 saturated heterocycles. The van der Waals surface area contributed by atoms with E-state index in [4.69, 9.17) is 4.42 Å². The molecular formula is C22H26N6O2. The van der Waals surface area contributed by atoms with E-state index in [1.165, 1.54) is 18.2 Å². The van der Waals surface area contributed by atoms with Gasteiger partial charge in [-0.2, -0.15) is 0 Å². The highest BCUT2D eigenvalue weighted by Crippen LogP contribution is 2.13. The van der Waals surface area contributed by atoms with Crippen molar-refractivity contribution in [3.8, 4) is 0 Å². The Bertz CT molecular complexity index is 939. The average Bonchev–Trinajstić information content (AvgIpc) is 3.24. The highest BCUT2D eigenvalue weighted by Gasteiger charge is 2.21. The maximum atomic E-state index is 12.6. The molecule has 1 amide bonds. The second-order valence-electron chi connectivity index (χ2n) is 7.53. The standard InChI is InChI=1S/C22H26N6O2/c1-26(14-19-7-8-23-17-24-19)22(29)20-16-30-21(25-20)15-28-11-9-27(10-12-28)13-18-5-3-2-4-6-18/h2-8,16-17H,9-15H2,1H3. The molecule has 1 aliphatic rings. The lowest BCUT2D eigenvalue weighted by Gasteiger charge is -2.34. The van der Waals surface area contributed by atoms with Crippen LogP contribution in [0.2, 0.25) is 0 Å². The summed E-state index contributed by atoms with van der Waals surface area (Å²) in [5, 5.41) is 0. The summed E-state index contributed by atoms with van der Waals surface area (Å²) in [6, 6.07) is 12.3. The molecule has 0 spiro atoms. The Morgan fingerprint density at radius 1 is 1.07 bits per heavy atom. The molecule has 8 nitrogen and oxygen atoms in total. The summed E-state index contributed by atoms with van der Waals surface area (Å²) in [5.74, 6) is 0.390. The van der Waals surface area contributed by atoms with Gasteiger partial charge in [0.05, 0.1) is 18.8 Å². The number of hydrogen-bond donors (Lipinski definition) is 0. The van der Waals surface area contributed by atoms with Gasteiger partial charge in [0, 0.05) is 46.0 Å². The number of nitrogens with zero attached hydrogens (tertiary/aromatic N) is 6. The van der Waals surface area contributed by atoms with Crippen molar-refractivity contribution in [3.63, 3.8) is 0 Å². The van der Waals surface area contributed by atoms with Gasteiger partial charge in [-0.25, -0.2) is 15.0 Å². The van der Waals surface area contributed by atoms with E-state index in [9.17, 15) is 4.79 Å². The van der Waals surface area contributed by atoms with Crippen LogP contribution in [0.1, 0.15) is 27.6 Å². The molecule has 30 heavy (non-hydrogen) atoms. The predicted molar refractivity (Wildman–Crippen MR) is 111 cm³/mol. The van der Waals surface area contributed by atoms with E-state index in [1.807, 2.05) is 6.07 Å². The van der Waals surface area contributed by atoms with Crippen LogP contribution in [-0.2, 0) is 19.6 Å². The molecule has 0 saturated carbocycles. The Balaban J connectivity index is 1.26. The molecule has 2 aromatic heterocycles. The number of carbonyl (C=O) groups is 1. The number of carbonyl (C=O) groups excluding carboxylic acids is 1. The summed E-state index contributed by atoms with van der Waals surface area (Å²) in [7, 11) is 1.73. The minimum atomic E-state index is -0.184. The Morgan fingerprint density at radius 3 is 2.50 bits per heavy atom. The van der Waals surface area contributed by atoms with Gasteiger partial charge in [0.15, 0.2) is 5.69 Å². The SMILES string of the molecule is CN(Cc1ccncn1)C(=O)c1coc(CN2CCN(Cc3ccccc3)CC2)n1. The zero-order chi connectivity index (χ0) is 20.8. The van der Waals surface area contributed by atoms with Crippen molar-refractivity contribution in [2.75, 3.05) is 33.2 Å². The first kappa shape index (κ1) is 20.2. The fourth-order valence-corrected chi connectivity index (χ4v) is 3.54. The first-order valence-corrected chi connectivity index (χ1v) is 10.1. The van der Waals surface area contributed by atoms with Crippen LogP contribution < -0.4 is 0 Å².